The Kier molecular flexibility index (Phi) is 5.76. The molecule has 4 rings (SSSR count). The van der Waals surface area contributed by atoms with Crippen LogP contribution in [0.4, 0.5) is 11.6 Å². The molecule has 0 saturated heterocycles. The molecule has 32 heavy (non-hydrogen) atoms. The van der Waals surface area contributed by atoms with Crippen LogP contribution in [0.5, 0.6) is 0 Å². The number of carbonyl (C=O) groups is 1. The van der Waals surface area contributed by atoms with E-state index in [0.717, 1.165) is 5.56 Å². The first-order valence-electron chi connectivity index (χ1n) is 9.85. The fourth-order valence-electron chi connectivity index (χ4n) is 3.32. The van der Waals surface area contributed by atoms with E-state index in [1.54, 1.807) is 47.3 Å². The minimum absolute atomic E-state index is 0.329. The van der Waals surface area contributed by atoms with Crippen molar-refractivity contribution in [3.8, 4) is 5.95 Å². The molecule has 2 heterocycles. The molecule has 0 spiro atoms. The predicted molar refractivity (Wildman–Crippen MR) is 123 cm³/mol. The van der Waals surface area contributed by atoms with Crippen molar-refractivity contribution in [3.63, 3.8) is 0 Å². The average Bonchev–Trinajstić information content (AvgIpc) is 3.21. The summed E-state index contributed by atoms with van der Waals surface area (Å²) in [6.45, 7) is 0.412. The first-order valence-corrected chi connectivity index (χ1v) is 9.85. The van der Waals surface area contributed by atoms with Crippen LogP contribution in [0.3, 0.4) is 0 Å². The van der Waals surface area contributed by atoms with Gasteiger partial charge in [-0.25, -0.2) is 0 Å². The van der Waals surface area contributed by atoms with Crippen molar-refractivity contribution >= 4 is 41.0 Å². The third-order valence-electron chi connectivity index (χ3n) is 4.95. The van der Waals surface area contributed by atoms with Gasteiger partial charge in [-0.05, 0) is 23.2 Å². The highest BCUT2D eigenvalue weighted by atomic mass is 16.4. The molecule has 0 aliphatic rings. The average molecular weight is 431 g/mol. The lowest BCUT2D eigenvalue weighted by Crippen LogP contribution is -2.30. The molecular formula is C21H22BN7O3. The highest BCUT2D eigenvalue weighted by Crippen LogP contribution is 2.23. The molecule has 0 unspecified atom stereocenters. The van der Waals surface area contributed by atoms with E-state index in [2.05, 4.69) is 20.4 Å². The van der Waals surface area contributed by atoms with Crippen molar-refractivity contribution in [1.29, 1.82) is 0 Å². The number of fused-ring (bicyclic) bond motifs is 1. The quantitative estimate of drug-likeness (QED) is 0.306. The monoisotopic (exact) mass is 431 g/mol. The lowest BCUT2D eigenvalue weighted by Gasteiger charge is -2.15. The van der Waals surface area contributed by atoms with E-state index in [1.807, 2.05) is 31.1 Å². The van der Waals surface area contributed by atoms with Gasteiger partial charge in [-0.2, -0.15) is 19.7 Å². The van der Waals surface area contributed by atoms with Crippen LogP contribution in [-0.2, 0) is 6.54 Å². The van der Waals surface area contributed by atoms with Crippen molar-refractivity contribution in [2.45, 2.75) is 6.54 Å². The third-order valence-corrected chi connectivity index (χ3v) is 4.95. The van der Waals surface area contributed by atoms with Gasteiger partial charge < -0.3 is 26.0 Å². The van der Waals surface area contributed by atoms with Gasteiger partial charge in [-0.15, -0.1) is 0 Å². The van der Waals surface area contributed by atoms with Crippen LogP contribution >= 0.6 is 0 Å². The van der Waals surface area contributed by atoms with E-state index in [4.69, 9.17) is 5.73 Å². The Balaban J connectivity index is 1.70. The first kappa shape index (κ1) is 21.3. The molecule has 11 heteroatoms. The van der Waals surface area contributed by atoms with Gasteiger partial charge in [0.05, 0.1) is 17.3 Å². The van der Waals surface area contributed by atoms with Crippen molar-refractivity contribution in [3.05, 3.63) is 65.9 Å². The zero-order valence-corrected chi connectivity index (χ0v) is 17.6. The minimum atomic E-state index is -1.53. The van der Waals surface area contributed by atoms with Gasteiger partial charge in [-0.3, -0.25) is 4.79 Å². The Labute approximate surface area is 184 Å². The highest BCUT2D eigenvalue weighted by molar-refractivity contribution is 6.58. The fraction of sp³-hybridized carbons (Fsp3) is 0.143. The Bertz CT molecular complexity index is 1290. The normalized spacial score (nSPS) is 10.9. The topological polar surface area (TPSA) is 142 Å². The SMILES string of the molecule is CN(C)c1cc(NCc2cccc(B(O)O)c2)nc(-n2ncc3c(C(N)=O)cccc32)n1. The summed E-state index contributed by atoms with van der Waals surface area (Å²) in [6, 6.07) is 14.0. The summed E-state index contributed by atoms with van der Waals surface area (Å²) in [5.74, 6) is 1.01. The Morgan fingerprint density at radius 2 is 1.94 bits per heavy atom. The minimum Gasteiger partial charge on any atom is -0.423 e. The molecule has 2 aromatic carbocycles. The van der Waals surface area contributed by atoms with Crippen LogP contribution in [0.2, 0.25) is 0 Å². The van der Waals surface area contributed by atoms with E-state index in [1.165, 1.54) is 0 Å². The van der Waals surface area contributed by atoms with Crippen molar-refractivity contribution in [2.75, 3.05) is 24.3 Å². The summed E-state index contributed by atoms with van der Waals surface area (Å²) in [5, 5.41) is 27.0. The Morgan fingerprint density at radius 1 is 1.16 bits per heavy atom. The summed E-state index contributed by atoms with van der Waals surface area (Å²) >= 11 is 0. The zero-order valence-electron chi connectivity index (χ0n) is 17.6. The summed E-state index contributed by atoms with van der Waals surface area (Å²) in [7, 11) is 2.21. The maximum Gasteiger partial charge on any atom is 0.488 e. The molecule has 0 aliphatic carbocycles. The van der Waals surface area contributed by atoms with E-state index in [9.17, 15) is 14.8 Å². The number of primary amides is 1. The van der Waals surface area contributed by atoms with Crippen LogP contribution in [0, 0.1) is 0 Å². The smallest absolute Gasteiger partial charge is 0.423 e. The molecule has 0 fully saturated rings. The number of rotatable bonds is 7. The van der Waals surface area contributed by atoms with Crippen LogP contribution in [-0.4, -0.2) is 56.9 Å². The molecule has 0 radical (unpaired) electrons. The summed E-state index contributed by atoms with van der Waals surface area (Å²) in [6.07, 6.45) is 1.57. The number of nitrogens with two attached hydrogens (primary N) is 1. The molecule has 1 amide bonds. The van der Waals surface area contributed by atoms with Crippen molar-refractivity contribution in [2.24, 2.45) is 5.73 Å². The van der Waals surface area contributed by atoms with Crippen LogP contribution in [0.1, 0.15) is 15.9 Å². The number of carbonyl (C=O) groups excluding carboxylic acids is 1. The van der Waals surface area contributed by atoms with Gasteiger partial charge >= 0.3 is 7.12 Å². The number of aromatic nitrogens is 4. The van der Waals surface area contributed by atoms with Crippen LogP contribution in [0.15, 0.2) is 54.7 Å². The van der Waals surface area contributed by atoms with Crippen LogP contribution in [0.25, 0.3) is 16.9 Å². The molecular weight excluding hydrogens is 409 g/mol. The number of benzene rings is 2. The molecule has 0 atom stereocenters. The number of anilines is 2. The lowest BCUT2D eigenvalue weighted by atomic mass is 9.80. The molecule has 5 N–H and O–H groups in total. The number of hydrogen-bond acceptors (Lipinski definition) is 8. The molecule has 0 aliphatic heterocycles. The third kappa shape index (κ3) is 4.24. The van der Waals surface area contributed by atoms with Crippen molar-refractivity contribution < 1.29 is 14.8 Å². The second-order valence-corrected chi connectivity index (χ2v) is 7.44. The van der Waals surface area contributed by atoms with Gasteiger partial charge in [0.1, 0.15) is 11.6 Å². The second-order valence-electron chi connectivity index (χ2n) is 7.44. The Morgan fingerprint density at radius 3 is 2.66 bits per heavy atom. The second kappa shape index (κ2) is 8.65. The molecule has 4 aromatic rings. The van der Waals surface area contributed by atoms with Gasteiger partial charge in [-0.1, -0.05) is 30.3 Å². The number of nitrogens with zero attached hydrogens (tertiary/aromatic N) is 5. The summed E-state index contributed by atoms with van der Waals surface area (Å²) < 4.78 is 1.56. The number of hydrogen-bond donors (Lipinski definition) is 4. The van der Waals surface area contributed by atoms with Gasteiger partial charge in [0.2, 0.25) is 5.91 Å². The summed E-state index contributed by atoms with van der Waals surface area (Å²) in [4.78, 5) is 22.8. The molecule has 162 valence electrons. The van der Waals surface area contributed by atoms with Gasteiger partial charge in [0, 0.05) is 32.1 Å². The van der Waals surface area contributed by atoms with Gasteiger partial charge in [0.15, 0.2) is 0 Å². The molecule has 2 aromatic heterocycles. The Hall–Kier alpha value is -3.96. The van der Waals surface area contributed by atoms with E-state index in [-0.39, 0.29) is 0 Å². The number of amides is 1. The zero-order chi connectivity index (χ0) is 22.8. The van der Waals surface area contributed by atoms with Crippen molar-refractivity contribution in [1.82, 2.24) is 19.7 Å². The first-order chi connectivity index (χ1) is 15.3. The van der Waals surface area contributed by atoms with Gasteiger partial charge in [0.25, 0.3) is 5.95 Å². The highest BCUT2D eigenvalue weighted by Gasteiger charge is 2.16. The van der Waals surface area contributed by atoms with E-state index in [0.29, 0.717) is 46.1 Å². The van der Waals surface area contributed by atoms with Crippen LogP contribution < -0.4 is 21.4 Å². The summed E-state index contributed by atoms with van der Waals surface area (Å²) in [5.41, 5.74) is 7.79. The van der Waals surface area contributed by atoms with E-state index < -0.39 is 13.0 Å². The number of nitrogens with one attached hydrogen (secondary N) is 1. The van der Waals surface area contributed by atoms with E-state index >= 15 is 0 Å². The molecule has 0 saturated carbocycles. The largest absolute Gasteiger partial charge is 0.488 e. The molecule has 0 bridgehead atoms. The fourth-order valence-corrected chi connectivity index (χ4v) is 3.32. The standard InChI is InChI=1S/C21H22BN7O3/c1-28(2)19-10-18(24-11-13-5-3-6-14(9-13)22(31)32)26-21(27-19)29-17-8-4-7-15(20(23)30)16(17)12-25-29/h3-10,12,31-32H,11H2,1-2H3,(H2,23,30)(H,24,26,27). The maximum absolute atomic E-state index is 11.8. The lowest BCUT2D eigenvalue weighted by molar-refractivity contribution is 0.100. The predicted octanol–water partition coefficient (Wildman–Crippen LogP) is 0.272. The molecule has 10 nitrogen and oxygen atoms in total. The maximum atomic E-state index is 11.8.